The molecule has 0 amide bonds. The predicted molar refractivity (Wildman–Crippen MR) is 66.5 cm³/mol. The number of quaternary nitrogens is 1. The van der Waals surface area contributed by atoms with Crippen molar-refractivity contribution in [2.45, 2.75) is 18.9 Å². The van der Waals surface area contributed by atoms with Gasteiger partial charge in [-0.05, 0) is 24.6 Å². The molecule has 2 atom stereocenters. The molecule has 3 nitrogen and oxygen atoms in total. The molecule has 5 heteroatoms. The van der Waals surface area contributed by atoms with Gasteiger partial charge in [-0.15, -0.1) is 0 Å². The largest absolute Gasteiger partial charge is 1.00 e. The number of rotatable bonds is 2. The van der Waals surface area contributed by atoms with Crippen LogP contribution in [0.15, 0.2) is 24.3 Å². The maximum atomic E-state index is 11.9. The zero-order chi connectivity index (χ0) is 12.3. The molecule has 1 fully saturated rings. The molecular weight excluding hydrogens is 273 g/mol. The number of nitrogens with one attached hydrogen (secondary N) is 1. The normalized spacial score (nSPS) is 23.0. The van der Waals surface area contributed by atoms with E-state index in [0.29, 0.717) is 10.6 Å². The average Bonchev–Trinajstić information content (AvgIpc) is 2.29. The van der Waals surface area contributed by atoms with Gasteiger partial charge in [-0.3, -0.25) is 0 Å². The molecule has 0 radical (unpaired) electrons. The van der Waals surface area contributed by atoms with Crippen molar-refractivity contribution in [1.82, 2.24) is 0 Å². The van der Waals surface area contributed by atoms with Crippen molar-refractivity contribution < 1.29 is 26.8 Å². The van der Waals surface area contributed by atoms with E-state index in [9.17, 15) is 4.79 Å². The fraction of sp³-hybridized carbons (Fsp3) is 0.462. The molecule has 2 unspecified atom stereocenters. The summed E-state index contributed by atoms with van der Waals surface area (Å²) >= 11 is 5.84. The molecule has 1 aliphatic heterocycles. The highest BCUT2D eigenvalue weighted by Crippen LogP contribution is 2.13. The molecule has 0 saturated carbocycles. The first-order valence-corrected chi connectivity index (χ1v) is 6.31. The maximum absolute atomic E-state index is 11.9. The molecule has 0 aromatic heterocycles. The Morgan fingerprint density at radius 3 is 2.94 bits per heavy atom. The van der Waals surface area contributed by atoms with Gasteiger partial charge in [-0.1, -0.05) is 17.7 Å². The number of carbonyl (C=O) groups is 1. The Morgan fingerprint density at radius 1 is 1.50 bits per heavy atom. The number of halogens is 2. The highest BCUT2D eigenvalue weighted by molar-refractivity contribution is 6.30. The number of esters is 1. The molecule has 1 aliphatic rings. The van der Waals surface area contributed by atoms with Crippen molar-refractivity contribution in [2.24, 2.45) is 0 Å². The summed E-state index contributed by atoms with van der Waals surface area (Å²) in [4.78, 5) is 13.3. The highest BCUT2D eigenvalue weighted by Gasteiger charge is 2.24. The zero-order valence-corrected chi connectivity index (χ0v) is 11.8. The number of carbonyl (C=O) groups excluding carboxylic acids is 1. The van der Waals surface area contributed by atoms with Crippen LogP contribution in [0.1, 0.15) is 23.2 Å². The van der Waals surface area contributed by atoms with Gasteiger partial charge in [-0.2, -0.15) is 0 Å². The molecule has 2 rings (SSSR count). The molecule has 100 valence electrons. The van der Waals surface area contributed by atoms with Gasteiger partial charge in [0.05, 0.1) is 19.2 Å². The molecule has 0 aliphatic carbocycles. The summed E-state index contributed by atoms with van der Waals surface area (Å²) in [6.45, 7) is 2.05. The Kier molecular flexibility index (Phi) is 5.93. The molecule has 1 N–H and O–H groups in total. The molecule has 1 heterocycles. The van der Waals surface area contributed by atoms with Crippen molar-refractivity contribution in [2.75, 3.05) is 20.1 Å². The molecular formula is C13H17Cl2NO2. The van der Waals surface area contributed by atoms with Crippen LogP contribution >= 0.6 is 11.6 Å². The van der Waals surface area contributed by atoms with Crippen LogP contribution in [-0.2, 0) is 4.74 Å². The monoisotopic (exact) mass is 289 g/mol. The maximum Gasteiger partial charge on any atom is 0.338 e. The Hall–Kier alpha value is -0.770. The smallest absolute Gasteiger partial charge is 0.338 e. The van der Waals surface area contributed by atoms with Crippen molar-refractivity contribution in [1.29, 1.82) is 0 Å². The third kappa shape index (κ3) is 4.16. The standard InChI is InChI=1S/C13H16ClNO2.ClH/c1-15-7-3-6-12(9-15)17-13(16)10-4-2-5-11(14)8-10;/h2,4-5,8,12H,3,6-7,9H2,1H3;1H. The minimum atomic E-state index is -0.271. The molecule has 1 saturated heterocycles. The Bertz CT molecular complexity index is 412. The van der Waals surface area contributed by atoms with Crippen LogP contribution in [-0.4, -0.2) is 32.2 Å². The SMILES string of the molecule is C[NH+]1CCCC(OC(=O)c2cccc(Cl)c2)C1.[Cl-]. The second-order valence-corrected chi connectivity index (χ2v) is 5.03. The fourth-order valence-corrected chi connectivity index (χ4v) is 2.35. The van der Waals surface area contributed by atoms with Crippen LogP contribution in [0, 0.1) is 0 Å². The number of likely N-dealkylation sites (N-methyl/N-ethyl adjacent to an activating group) is 1. The van der Waals surface area contributed by atoms with E-state index in [1.54, 1.807) is 24.3 Å². The number of hydrogen-bond donors (Lipinski definition) is 1. The lowest BCUT2D eigenvalue weighted by Gasteiger charge is -2.26. The van der Waals surface area contributed by atoms with E-state index < -0.39 is 0 Å². The number of benzene rings is 1. The Morgan fingerprint density at radius 2 is 2.28 bits per heavy atom. The van der Waals surface area contributed by atoms with E-state index in [4.69, 9.17) is 16.3 Å². The van der Waals surface area contributed by atoms with Gasteiger partial charge < -0.3 is 22.0 Å². The first-order chi connectivity index (χ1) is 8.15. The topological polar surface area (TPSA) is 30.7 Å². The van der Waals surface area contributed by atoms with Gasteiger partial charge in [0, 0.05) is 11.4 Å². The molecule has 0 bridgehead atoms. The molecule has 18 heavy (non-hydrogen) atoms. The van der Waals surface area contributed by atoms with Gasteiger partial charge in [-0.25, -0.2) is 4.79 Å². The van der Waals surface area contributed by atoms with Crippen LogP contribution in [0.2, 0.25) is 5.02 Å². The third-order valence-electron chi connectivity index (χ3n) is 3.04. The van der Waals surface area contributed by atoms with Crippen molar-refractivity contribution in [3.8, 4) is 0 Å². The van der Waals surface area contributed by atoms with Crippen LogP contribution in [0.3, 0.4) is 0 Å². The first-order valence-electron chi connectivity index (χ1n) is 5.93. The molecule has 1 aromatic rings. The van der Waals surface area contributed by atoms with Crippen LogP contribution in [0.5, 0.6) is 0 Å². The highest BCUT2D eigenvalue weighted by atomic mass is 35.5. The number of likely N-dealkylation sites (tertiary alicyclic amines) is 1. The second-order valence-electron chi connectivity index (χ2n) is 4.59. The Balaban J connectivity index is 0.00000162. The summed E-state index contributed by atoms with van der Waals surface area (Å²) in [7, 11) is 2.12. The number of piperidine rings is 1. The lowest BCUT2D eigenvalue weighted by Crippen LogP contribution is -3.11. The fourth-order valence-electron chi connectivity index (χ4n) is 2.16. The Labute approximate surface area is 118 Å². The van der Waals surface area contributed by atoms with Crippen LogP contribution < -0.4 is 17.3 Å². The van der Waals surface area contributed by atoms with Gasteiger partial charge in [0.25, 0.3) is 0 Å². The summed E-state index contributed by atoms with van der Waals surface area (Å²) in [5.74, 6) is -0.271. The van der Waals surface area contributed by atoms with Crippen LogP contribution in [0.25, 0.3) is 0 Å². The summed E-state index contributed by atoms with van der Waals surface area (Å²) in [5, 5.41) is 0.561. The van der Waals surface area contributed by atoms with Crippen molar-refractivity contribution in [3.63, 3.8) is 0 Å². The minimum Gasteiger partial charge on any atom is -1.00 e. The summed E-state index contributed by atoms with van der Waals surface area (Å²) in [6, 6.07) is 6.88. The van der Waals surface area contributed by atoms with Crippen molar-refractivity contribution >= 4 is 17.6 Å². The van der Waals surface area contributed by atoms with E-state index in [0.717, 1.165) is 25.9 Å². The van der Waals surface area contributed by atoms with E-state index in [-0.39, 0.29) is 24.5 Å². The quantitative estimate of drug-likeness (QED) is 0.650. The summed E-state index contributed by atoms with van der Waals surface area (Å²) in [6.07, 6.45) is 2.11. The van der Waals surface area contributed by atoms with Crippen LogP contribution in [0.4, 0.5) is 0 Å². The lowest BCUT2D eigenvalue weighted by atomic mass is 10.1. The first kappa shape index (κ1) is 15.3. The second kappa shape index (κ2) is 6.98. The minimum absolute atomic E-state index is 0. The van der Waals surface area contributed by atoms with E-state index in [1.807, 2.05) is 0 Å². The average molecular weight is 290 g/mol. The summed E-state index contributed by atoms with van der Waals surface area (Å²) < 4.78 is 5.48. The van der Waals surface area contributed by atoms with E-state index in [1.165, 1.54) is 4.90 Å². The molecule has 0 spiro atoms. The number of ether oxygens (including phenoxy) is 1. The summed E-state index contributed by atoms with van der Waals surface area (Å²) in [5.41, 5.74) is 0.528. The van der Waals surface area contributed by atoms with E-state index >= 15 is 0 Å². The predicted octanol–water partition coefficient (Wildman–Crippen LogP) is -1.82. The van der Waals surface area contributed by atoms with Gasteiger partial charge >= 0.3 is 5.97 Å². The molecule has 1 aromatic carbocycles. The van der Waals surface area contributed by atoms with Crippen molar-refractivity contribution in [3.05, 3.63) is 34.9 Å². The van der Waals surface area contributed by atoms with E-state index in [2.05, 4.69) is 7.05 Å². The zero-order valence-electron chi connectivity index (χ0n) is 10.3. The van der Waals surface area contributed by atoms with Gasteiger partial charge in [0.2, 0.25) is 0 Å². The number of hydrogen-bond acceptors (Lipinski definition) is 2. The van der Waals surface area contributed by atoms with Gasteiger partial charge in [0.1, 0.15) is 6.54 Å². The third-order valence-corrected chi connectivity index (χ3v) is 3.27. The van der Waals surface area contributed by atoms with Gasteiger partial charge in [0.15, 0.2) is 6.10 Å². The lowest BCUT2D eigenvalue weighted by molar-refractivity contribution is -0.888.